The molecule has 2 nitrogen and oxygen atoms in total. The van der Waals surface area contributed by atoms with Crippen molar-refractivity contribution in [3.63, 3.8) is 0 Å². The van der Waals surface area contributed by atoms with Crippen LogP contribution in [-0.2, 0) is 9.05 Å². The fourth-order valence-corrected chi connectivity index (χ4v) is 4.25. The maximum Gasteiger partial charge on any atom is 0.261 e. The largest absolute Gasteiger partial charge is 0.261 e. The van der Waals surface area contributed by atoms with Gasteiger partial charge in [0, 0.05) is 16.4 Å². The summed E-state index contributed by atoms with van der Waals surface area (Å²) in [4.78, 5) is 0.277. The van der Waals surface area contributed by atoms with Crippen LogP contribution in [0.2, 0.25) is 0 Å². The minimum atomic E-state index is -3.61. The summed E-state index contributed by atoms with van der Waals surface area (Å²) in [5, 5.41) is 0. The molecule has 0 aliphatic carbocycles. The predicted octanol–water partition coefficient (Wildman–Crippen LogP) is 2.83. The Labute approximate surface area is 98.4 Å². The quantitative estimate of drug-likeness (QED) is 0.769. The summed E-state index contributed by atoms with van der Waals surface area (Å²) in [5.74, 6) is 2.42. The predicted molar refractivity (Wildman–Crippen MR) is 64.2 cm³/mol. The first kappa shape index (κ1) is 11.3. The number of halogens is 1. The van der Waals surface area contributed by atoms with Crippen LogP contribution in [0, 0.1) is 0 Å². The highest BCUT2D eigenvalue weighted by Gasteiger charge is 2.24. The number of rotatable bonds is 2. The third-order valence-corrected chi connectivity index (χ3v) is 5.11. The van der Waals surface area contributed by atoms with Crippen molar-refractivity contribution in [2.45, 2.75) is 17.2 Å². The minimum absolute atomic E-state index is 0.277. The molecule has 0 bridgehead atoms. The normalized spacial score (nSPS) is 21.8. The molecular formula is C10H11ClO2S2. The molecule has 1 aliphatic heterocycles. The summed E-state index contributed by atoms with van der Waals surface area (Å²) < 4.78 is 22.7. The highest BCUT2D eigenvalue weighted by molar-refractivity contribution is 8.13. The van der Waals surface area contributed by atoms with Crippen LogP contribution in [0.3, 0.4) is 0 Å². The van der Waals surface area contributed by atoms with Gasteiger partial charge in [0.15, 0.2) is 0 Å². The average Bonchev–Trinajstić information content (AvgIpc) is 2.69. The topological polar surface area (TPSA) is 34.1 Å². The number of hydrogen-bond acceptors (Lipinski definition) is 3. The van der Waals surface area contributed by atoms with Gasteiger partial charge in [-0.25, -0.2) is 8.42 Å². The van der Waals surface area contributed by atoms with Gasteiger partial charge in [0.25, 0.3) is 9.05 Å². The van der Waals surface area contributed by atoms with E-state index in [0.29, 0.717) is 5.92 Å². The van der Waals surface area contributed by atoms with Crippen LogP contribution in [0.1, 0.15) is 17.9 Å². The monoisotopic (exact) mass is 262 g/mol. The van der Waals surface area contributed by atoms with E-state index in [1.165, 1.54) is 0 Å². The summed E-state index contributed by atoms with van der Waals surface area (Å²) >= 11 is 1.86. The Kier molecular flexibility index (Phi) is 3.28. The van der Waals surface area contributed by atoms with Crippen molar-refractivity contribution < 1.29 is 8.42 Å². The highest BCUT2D eigenvalue weighted by atomic mass is 35.7. The van der Waals surface area contributed by atoms with Crippen molar-refractivity contribution in [2.75, 3.05) is 11.5 Å². The molecule has 1 fully saturated rings. The van der Waals surface area contributed by atoms with Gasteiger partial charge in [-0.3, -0.25) is 0 Å². The first-order chi connectivity index (χ1) is 7.09. The zero-order chi connectivity index (χ0) is 10.9. The zero-order valence-electron chi connectivity index (χ0n) is 8.02. The third-order valence-electron chi connectivity index (χ3n) is 2.55. The summed E-state index contributed by atoms with van der Waals surface area (Å²) in [5.41, 5.74) is 0.873. The molecule has 0 radical (unpaired) electrons. The molecule has 1 aliphatic rings. The second kappa shape index (κ2) is 4.36. The lowest BCUT2D eigenvalue weighted by Crippen LogP contribution is -2.03. The van der Waals surface area contributed by atoms with Crippen LogP contribution < -0.4 is 0 Å². The van der Waals surface area contributed by atoms with Gasteiger partial charge in [0.1, 0.15) is 0 Å². The molecule has 1 aromatic carbocycles. The van der Waals surface area contributed by atoms with E-state index in [4.69, 9.17) is 10.7 Å². The van der Waals surface area contributed by atoms with E-state index in [0.717, 1.165) is 23.5 Å². The molecule has 1 saturated heterocycles. The molecule has 0 aromatic heterocycles. The molecule has 1 heterocycles. The zero-order valence-corrected chi connectivity index (χ0v) is 10.4. The maximum atomic E-state index is 11.4. The van der Waals surface area contributed by atoms with Crippen LogP contribution in [0.25, 0.3) is 0 Å². The summed E-state index contributed by atoms with van der Waals surface area (Å²) in [6.07, 6.45) is 1.04. The molecule has 0 saturated carbocycles. The van der Waals surface area contributed by atoms with Crippen molar-refractivity contribution in [1.29, 1.82) is 0 Å². The van der Waals surface area contributed by atoms with Crippen molar-refractivity contribution >= 4 is 31.5 Å². The molecule has 0 N–H and O–H groups in total. The van der Waals surface area contributed by atoms with Crippen LogP contribution in [0.15, 0.2) is 29.2 Å². The third kappa shape index (κ3) is 2.49. The molecule has 82 valence electrons. The van der Waals surface area contributed by atoms with Crippen molar-refractivity contribution in [3.8, 4) is 0 Å². The van der Waals surface area contributed by atoms with Gasteiger partial charge in [-0.2, -0.15) is 11.8 Å². The molecular weight excluding hydrogens is 252 g/mol. The summed E-state index contributed by atoms with van der Waals surface area (Å²) in [6, 6.07) is 7.03. The Morgan fingerprint density at radius 2 is 2.07 bits per heavy atom. The maximum absolute atomic E-state index is 11.4. The number of hydrogen-bond donors (Lipinski definition) is 0. The first-order valence-electron chi connectivity index (χ1n) is 4.70. The van der Waals surface area contributed by atoms with E-state index in [-0.39, 0.29) is 4.90 Å². The lowest BCUT2D eigenvalue weighted by Gasteiger charge is -2.12. The minimum Gasteiger partial charge on any atom is -0.207 e. The molecule has 1 atom stereocenters. The van der Waals surface area contributed by atoms with Crippen LogP contribution in [0.4, 0.5) is 0 Å². The second-order valence-electron chi connectivity index (χ2n) is 3.54. The Hall–Kier alpha value is -0.190. The number of thioether (sulfide) groups is 1. The average molecular weight is 263 g/mol. The van der Waals surface area contributed by atoms with Crippen molar-refractivity contribution in [3.05, 3.63) is 29.8 Å². The summed E-state index contributed by atoms with van der Waals surface area (Å²) in [6.45, 7) is 0. The first-order valence-corrected chi connectivity index (χ1v) is 8.17. The second-order valence-corrected chi connectivity index (χ2v) is 7.22. The summed E-state index contributed by atoms with van der Waals surface area (Å²) in [7, 11) is 1.80. The van der Waals surface area contributed by atoms with Crippen LogP contribution in [0.5, 0.6) is 0 Å². The van der Waals surface area contributed by atoms with Gasteiger partial charge in [0.2, 0.25) is 0 Å². The van der Waals surface area contributed by atoms with Gasteiger partial charge < -0.3 is 0 Å². The molecule has 0 spiro atoms. The van der Waals surface area contributed by atoms with Gasteiger partial charge in [0.05, 0.1) is 4.90 Å². The Bertz CT molecular complexity index is 450. The van der Waals surface area contributed by atoms with Crippen LogP contribution >= 0.6 is 22.4 Å². The van der Waals surface area contributed by atoms with E-state index in [1.807, 2.05) is 23.9 Å². The Morgan fingerprint density at radius 3 is 2.67 bits per heavy atom. The highest BCUT2D eigenvalue weighted by Crippen LogP contribution is 2.36. The molecule has 15 heavy (non-hydrogen) atoms. The van der Waals surface area contributed by atoms with Crippen LogP contribution in [-0.4, -0.2) is 19.9 Å². The lowest BCUT2D eigenvalue weighted by molar-refractivity contribution is 0.606. The molecule has 2 rings (SSSR count). The standard InChI is InChI=1S/C10H11ClO2S2/c11-15(12,13)10-4-2-1-3-9(10)8-5-6-14-7-8/h1-4,8H,5-7H2. The Morgan fingerprint density at radius 1 is 1.33 bits per heavy atom. The number of benzene rings is 1. The van der Waals surface area contributed by atoms with E-state index < -0.39 is 9.05 Å². The molecule has 5 heteroatoms. The van der Waals surface area contributed by atoms with Gasteiger partial charge in [-0.1, -0.05) is 18.2 Å². The fourth-order valence-electron chi connectivity index (χ4n) is 1.82. The van der Waals surface area contributed by atoms with Crippen molar-refractivity contribution in [1.82, 2.24) is 0 Å². The van der Waals surface area contributed by atoms with E-state index in [2.05, 4.69) is 0 Å². The molecule has 1 unspecified atom stereocenters. The van der Waals surface area contributed by atoms with Gasteiger partial charge in [-0.15, -0.1) is 0 Å². The van der Waals surface area contributed by atoms with E-state index in [1.54, 1.807) is 12.1 Å². The van der Waals surface area contributed by atoms with E-state index >= 15 is 0 Å². The molecule has 0 amide bonds. The smallest absolute Gasteiger partial charge is 0.207 e. The van der Waals surface area contributed by atoms with E-state index in [9.17, 15) is 8.42 Å². The Balaban J connectivity index is 2.46. The van der Waals surface area contributed by atoms with Gasteiger partial charge >= 0.3 is 0 Å². The molecule has 1 aromatic rings. The van der Waals surface area contributed by atoms with Crippen molar-refractivity contribution in [2.24, 2.45) is 0 Å². The lowest BCUT2D eigenvalue weighted by atomic mass is 9.99. The SMILES string of the molecule is O=S(=O)(Cl)c1ccccc1C1CCSC1. The fraction of sp³-hybridized carbons (Fsp3) is 0.400. The van der Waals surface area contributed by atoms with Gasteiger partial charge in [-0.05, 0) is 29.7 Å².